The number of morpholine rings is 1. The second-order valence-electron chi connectivity index (χ2n) is 7.41. The normalized spacial score (nSPS) is 14.2. The summed E-state index contributed by atoms with van der Waals surface area (Å²) in [5.74, 6) is 1.30. The SMILES string of the molecule is COC(=O)COc1ccccc1CC[CH]Cc1ccccc1OCCN1CCOCC1. The molecule has 1 heterocycles. The Labute approximate surface area is 185 Å². The Balaban J connectivity index is 1.43. The minimum absolute atomic E-state index is 0.0770. The third-order valence-electron chi connectivity index (χ3n) is 5.27. The Bertz CT molecular complexity index is 804. The van der Waals surface area contributed by atoms with E-state index in [4.69, 9.17) is 14.2 Å². The first-order chi connectivity index (χ1) is 15.3. The highest BCUT2D eigenvalue weighted by Crippen LogP contribution is 2.23. The van der Waals surface area contributed by atoms with Gasteiger partial charge in [0.25, 0.3) is 0 Å². The number of benzene rings is 2. The highest BCUT2D eigenvalue weighted by molar-refractivity contribution is 5.70. The zero-order chi connectivity index (χ0) is 21.7. The van der Waals surface area contributed by atoms with Gasteiger partial charge in [-0.05, 0) is 48.9 Å². The van der Waals surface area contributed by atoms with Gasteiger partial charge in [-0.2, -0.15) is 0 Å². The quantitative estimate of drug-likeness (QED) is 0.383. The summed E-state index contributed by atoms with van der Waals surface area (Å²) in [6, 6.07) is 16.0. The van der Waals surface area contributed by atoms with Crippen LogP contribution in [0, 0.1) is 6.42 Å². The van der Waals surface area contributed by atoms with Crippen LogP contribution in [0.5, 0.6) is 11.5 Å². The van der Waals surface area contributed by atoms with Crippen LogP contribution in [-0.4, -0.2) is 64.0 Å². The molecule has 0 unspecified atom stereocenters. The molecule has 0 atom stereocenters. The van der Waals surface area contributed by atoms with Gasteiger partial charge < -0.3 is 18.9 Å². The van der Waals surface area contributed by atoms with Gasteiger partial charge in [0.15, 0.2) is 6.61 Å². The predicted octanol–water partition coefficient (Wildman–Crippen LogP) is 3.33. The maximum Gasteiger partial charge on any atom is 0.343 e. The second-order valence-corrected chi connectivity index (χ2v) is 7.41. The van der Waals surface area contributed by atoms with Gasteiger partial charge in [0, 0.05) is 19.6 Å². The Morgan fingerprint density at radius 3 is 2.42 bits per heavy atom. The van der Waals surface area contributed by atoms with Gasteiger partial charge in [0.05, 0.1) is 20.3 Å². The lowest BCUT2D eigenvalue weighted by Crippen LogP contribution is -2.38. The van der Waals surface area contributed by atoms with Crippen molar-refractivity contribution in [3.63, 3.8) is 0 Å². The van der Waals surface area contributed by atoms with E-state index in [1.54, 1.807) is 0 Å². The van der Waals surface area contributed by atoms with Gasteiger partial charge in [-0.3, -0.25) is 4.90 Å². The number of carbonyl (C=O) groups is 1. The lowest BCUT2D eigenvalue weighted by atomic mass is 10.0. The van der Waals surface area contributed by atoms with E-state index in [9.17, 15) is 4.79 Å². The molecule has 2 aromatic carbocycles. The summed E-state index contributed by atoms with van der Waals surface area (Å²) in [7, 11) is 1.36. The van der Waals surface area contributed by atoms with Gasteiger partial charge in [-0.1, -0.05) is 36.4 Å². The number of nitrogens with zero attached hydrogens (tertiary/aromatic N) is 1. The fourth-order valence-electron chi connectivity index (χ4n) is 3.48. The summed E-state index contributed by atoms with van der Waals surface area (Å²) >= 11 is 0. The number of para-hydroxylation sites is 2. The molecule has 0 saturated carbocycles. The molecular weight excluding hydrogens is 394 g/mol. The predicted molar refractivity (Wildman–Crippen MR) is 119 cm³/mol. The van der Waals surface area contributed by atoms with Crippen molar-refractivity contribution in [1.29, 1.82) is 0 Å². The van der Waals surface area contributed by atoms with Crippen LogP contribution >= 0.6 is 0 Å². The molecule has 0 aromatic heterocycles. The summed E-state index contributed by atoms with van der Waals surface area (Å²) in [6.07, 6.45) is 4.86. The topological polar surface area (TPSA) is 57.2 Å². The Hall–Kier alpha value is -2.57. The molecule has 1 fully saturated rings. The number of hydrogen-bond donors (Lipinski definition) is 0. The van der Waals surface area contributed by atoms with E-state index in [2.05, 4.69) is 22.1 Å². The molecule has 0 amide bonds. The molecule has 0 aliphatic carbocycles. The molecule has 1 radical (unpaired) electrons. The second kappa shape index (κ2) is 13.0. The minimum atomic E-state index is -0.383. The van der Waals surface area contributed by atoms with Gasteiger partial charge in [-0.25, -0.2) is 4.79 Å². The van der Waals surface area contributed by atoms with Crippen LogP contribution in [0.4, 0.5) is 0 Å². The lowest BCUT2D eigenvalue weighted by Gasteiger charge is -2.26. The number of unbranched alkanes of at least 4 members (excludes halogenated alkanes) is 1. The number of hydrogen-bond acceptors (Lipinski definition) is 6. The maximum absolute atomic E-state index is 11.3. The van der Waals surface area contributed by atoms with Gasteiger partial charge >= 0.3 is 5.97 Å². The Morgan fingerprint density at radius 2 is 1.68 bits per heavy atom. The first-order valence-electron chi connectivity index (χ1n) is 10.9. The van der Waals surface area contributed by atoms with E-state index in [-0.39, 0.29) is 12.6 Å². The highest BCUT2D eigenvalue weighted by Gasteiger charge is 2.11. The van der Waals surface area contributed by atoms with Crippen LogP contribution < -0.4 is 9.47 Å². The van der Waals surface area contributed by atoms with Crippen molar-refractivity contribution < 1.29 is 23.7 Å². The molecule has 2 aromatic rings. The lowest BCUT2D eigenvalue weighted by molar-refractivity contribution is -0.142. The maximum atomic E-state index is 11.3. The highest BCUT2D eigenvalue weighted by atomic mass is 16.6. The van der Waals surface area contributed by atoms with E-state index in [0.717, 1.165) is 69.2 Å². The van der Waals surface area contributed by atoms with E-state index < -0.39 is 0 Å². The van der Waals surface area contributed by atoms with Crippen LogP contribution in [0.3, 0.4) is 0 Å². The molecule has 31 heavy (non-hydrogen) atoms. The number of methoxy groups -OCH3 is 1. The third kappa shape index (κ3) is 7.89. The summed E-state index contributed by atoms with van der Waals surface area (Å²) in [5, 5.41) is 0. The van der Waals surface area contributed by atoms with Crippen LogP contribution in [0.2, 0.25) is 0 Å². The zero-order valence-corrected chi connectivity index (χ0v) is 18.3. The van der Waals surface area contributed by atoms with Crippen molar-refractivity contribution in [3.8, 4) is 11.5 Å². The number of ether oxygens (including phenoxy) is 4. The summed E-state index contributed by atoms with van der Waals surface area (Å²) in [6.45, 7) is 5.09. The molecule has 6 nitrogen and oxygen atoms in total. The number of carbonyl (C=O) groups excluding carboxylic acids is 1. The van der Waals surface area contributed by atoms with Crippen molar-refractivity contribution in [2.75, 3.05) is 53.2 Å². The van der Waals surface area contributed by atoms with Crippen LogP contribution in [0.25, 0.3) is 0 Å². The van der Waals surface area contributed by atoms with Crippen molar-refractivity contribution >= 4 is 5.97 Å². The molecule has 0 bridgehead atoms. The molecule has 0 N–H and O–H groups in total. The first-order valence-corrected chi connectivity index (χ1v) is 10.9. The van der Waals surface area contributed by atoms with Crippen LogP contribution in [0.15, 0.2) is 48.5 Å². The molecule has 167 valence electrons. The minimum Gasteiger partial charge on any atom is -0.492 e. The number of esters is 1. The van der Waals surface area contributed by atoms with Gasteiger partial charge in [0.2, 0.25) is 0 Å². The third-order valence-corrected chi connectivity index (χ3v) is 5.27. The Kier molecular flexibility index (Phi) is 9.67. The van der Waals surface area contributed by atoms with Crippen molar-refractivity contribution in [3.05, 3.63) is 66.1 Å². The fourth-order valence-corrected chi connectivity index (χ4v) is 3.48. The van der Waals surface area contributed by atoms with Gasteiger partial charge in [-0.15, -0.1) is 0 Å². The summed E-state index contributed by atoms with van der Waals surface area (Å²) < 4.78 is 21.7. The summed E-state index contributed by atoms with van der Waals surface area (Å²) in [5.41, 5.74) is 2.28. The molecular formula is C25H32NO5. The standard InChI is InChI=1S/C25H32NO5/c1-28-25(27)20-31-24-13-7-5-11-22(24)9-3-2-8-21-10-4-6-12-23(21)30-19-16-26-14-17-29-18-15-26/h2,4-7,10-13H,3,8-9,14-20H2,1H3. The fraction of sp³-hybridized carbons (Fsp3) is 0.440. The van der Waals surface area contributed by atoms with Crippen molar-refractivity contribution in [2.45, 2.75) is 19.3 Å². The Morgan fingerprint density at radius 1 is 1.00 bits per heavy atom. The number of rotatable bonds is 12. The molecule has 1 aliphatic heterocycles. The van der Waals surface area contributed by atoms with Crippen LogP contribution in [0.1, 0.15) is 17.5 Å². The van der Waals surface area contributed by atoms with E-state index >= 15 is 0 Å². The van der Waals surface area contributed by atoms with Gasteiger partial charge in [0.1, 0.15) is 18.1 Å². The average molecular weight is 427 g/mol. The molecule has 1 aliphatic rings. The molecule has 6 heteroatoms. The molecule has 3 rings (SSSR count). The average Bonchev–Trinajstić information content (AvgIpc) is 2.82. The van der Waals surface area contributed by atoms with Crippen molar-refractivity contribution in [1.82, 2.24) is 4.90 Å². The van der Waals surface area contributed by atoms with Crippen LogP contribution in [-0.2, 0) is 27.1 Å². The molecule has 1 saturated heterocycles. The molecule has 0 spiro atoms. The van der Waals surface area contributed by atoms with E-state index in [0.29, 0.717) is 6.61 Å². The van der Waals surface area contributed by atoms with E-state index in [1.165, 1.54) is 12.7 Å². The number of aryl methyl sites for hydroxylation is 1. The zero-order valence-electron chi connectivity index (χ0n) is 18.3. The van der Waals surface area contributed by atoms with E-state index in [1.807, 2.05) is 42.5 Å². The van der Waals surface area contributed by atoms with Crippen molar-refractivity contribution in [2.24, 2.45) is 0 Å². The largest absolute Gasteiger partial charge is 0.492 e. The monoisotopic (exact) mass is 426 g/mol. The summed E-state index contributed by atoms with van der Waals surface area (Å²) in [4.78, 5) is 13.7. The smallest absolute Gasteiger partial charge is 0.343 e. The first kappa shape index (κ1) is 23.1.